The molecule has 2 aromatic heterocycles. The zero-order valence-corrected chi connectivity index (χ0v) is 17.4. The Kier molecular flexibility index (Phi) is 5.00. The second kappa shape index (κ2) is 7.79. The quantitative estimate of drug-likeness (QED) is 0.593. The van der Waals surface area contributed by atoms with Gasteiger partial charge in [-0.05, 0) is 74.9 Å². The summed E-state index contributed by atoms with van der Waals surface area (Å²) in [5.41, 5.74) is 3.72. The van der Waals surface area contributed by atoms with E-state index in [-0.39, 0.29) is 6.10 Å². The normalized spacial score (nSPS) is 24.7. The van der Waals surface area contributed by atoms with Crippen LogP contribution in [-0.4, -0.2) is 33.1 Å². The number of benzene rings is 1. The third-order valence-corrected chi connectivity index (χ3v) is 6.70. The Morgan fingerprint density at radius 2 is 1.90 bits per heavy atom. The van der Waals surface area contributed by atoms with Gasteiger partial charge in [-0.3, -0.25) is 9.30 Å². The van der Waals surface area contributed by atoms with Crippen LogP contribution in [0.25, 0.3) is 5.65 Å². The standard InChI is InChI=1S/C24H30N4O/c1-3-7-17-11-13-22(20-9-5-4-8-19(17)20)29-18-12-14-23-25-26-24(28(23)16-18)21-10-6-15-27(21)2/h4-5,8-9,12,14,16-17,21-22H,3,6-7,10-11,13,15H2,1-2H3. The van der Waals surface area contributed by atoms with Gasteiger partial charge < -0.3 is 4.74 Å². The molecule has 0 radical (unpaired) electrons. The number of rotatable bonds is 5. The van der Waals surface area contributed by atoms with E-state index in [1.165, 1.54) is 36.8 Å². The Morgan fingerprint density at radius 1 is 1.03 bits per heavy atom. The van der Waals surface area contributed by atoms with Crippen LogP contribution in [0.4, 0.5) is 0 Å². The molecule has 1 fully saturated rings. The molecule has 0 saturated carbocycles. The van der Waals surface area contributed by atoms with Crippen molar-refractivity contribution in [2.75, 3.05) is 13.6 Å². The molecule has 3 atom stereocenters. The largest absolute Gasteiger partial charge is 0.484 e. The smallest absolute Gasteiger partial charge is 0.161 e. The molecule has 0 amide bonds. The van der Waals surface area contributed by atoms with Crippen molar-refractivity contribution in [1.82, 2.24) is 19.5 Å². The molecule has 1 aliphatic carbocycles. The molecule has 1 aromatic carbocycles. The summed E-state index contributed by atoms with van der Waals surface area (Å²) in [6.45, 7) is 3.40. The van der Waals surface area contributed by atoms with Crippen LogP contribution < -0.4 is 4.74 Å². The number of pyridine rings is 1. The molecule has 5 rings (SSSR count). The lowest BCUT2D eigenvalue weighted by Crippen LogP contribution is -2.20. The minimum absolute atomic E-state index is 0.117. The molecular formula is C24H30N4O. The molecule has 29 heavy (non-hydrogen) atoms. The van der Waals surface area contributed by atoms with E-state index < -0.39 is 0 Å². The summed E-state index contributed by atoms with van der Waals surface area (Å²) in [6, 6.07) is 13.2. The first-order chi connectivity index (χ1) is 14.2. The van der Waals surface area contributed by atoms with Gasteiger partial charge in [0.25, 0.3) is 0 Å². The van der Waals surface area contributed by atoms with Gasteiger partial charge in [0.05, 0.1) is 12.2 Å². The highest BCUT2D eigenvalue weighted by Gasteiger charge is 2.29. The summed E-state index contributed by atoms with van der Waals surface area (Å²) in [6.07, 6.45) is 9.30. The first-order valence-electron chi connectivity index (χ1n) is 11.0. The van der Waals surface area contributed by atoms with E-state index in [1.807, 2.05) is 12.1 Å². The van der Waals surface area contributed by atoms with Gasteiger partial charge >= 0.3 is 0 Å². The zero-order chi connectivity index (χ0) is 19.8. The second-order valence-electron chi connectivity index (χ2n) is 8.59. The van der Waals surface area contributed by atoms with Gasteiger partial charge in [0, 0.05) is 0 Å². The van der Waals surface area contributed by atoms with Gasteiger partial charge in [-0.15, -0.1) is 10.2 Å². The molecule has 0 bridgehead atoms. The van der Waals surface area contributed by atoms with Crippen molar-refractivity contribution in [1.29, 1.82) is 0 Å². The van der Waals surface area contributed by atoms with E-state index in [0.717, 1.165) is 36.6 Å². The van der Waals surface area contributed by atoms with Gasteiger partial charge in [0.2, 0.25) is 0 Å². The van der Waals surface area contributed by atoms with Crippen molar-refractivity contribution in [3.8, 4) is 5.75 Å². The number of aromatic nitrogens is 3. The lowest BCUT2D eigenvalue weighted by molar-refractivity contribution is 0.174. The Hall–Kier alpha value is -2.40. The van der Waals surface area contributed by atoms with Crippen molar-refractivity contribution < 1.29 is 4.74 Å². The van der Waals surface area contributed by atoms with Crippen LogP contribution in [0.5, 0.6) is 5.75 Å². The van der Waals surface area contributed by atoms with Crippen LogP contribution in [0.2, 0.25) is 0 Å². The zero-order valence-electron chi connectivity index (χ0n) is 17.4. The molecule has 2 aliphatic rings. The van der Waals surface area contributed by atoms with Gasteiger partial charge in [-0.1, -0.05) is 37.6 Å². The van der Waals surface area contributed by atoms with Crippen LogP contribution in [0.3, 0.4) is 0 Å². The van der Waals surface area contributed by atoms with Crippen LogP contribution in [0.15, 0.2) is 42.6 Å². The minimum Gasteiger partial charge on any atom is -0.484 e. The monoisotopic (exact) mass is 390 g/mol. The molecule has 5 nitrogen and oxygen atoms in total. The SMILES string of the molecule is CCCC1CCC(Oc2ccc3nnc(C4CCCN4C)n3c2)c2ccccc21. The molecule has 0 N–H and O–H groups in total. The molecular weight excluding hydrogens is 360 g/mol. The fraction of sp³-hybridized carbons (Fsp3) is 0.500. The van der Waals surface area contributed by atoms with Crippen LogP contribution in [0.1, 0.15) is 80.5 Å². The van der Waals surface area contributed by atoms with Crippen molar-refractivity contribution in [3.05, 3.63) is 59.5 Å². The number of hydrogen-bond acceptors (Lipinski definition) is 4. The number of nitrogens with zero attached hydrogens (tertiary/aromatic N) is 4. The van der Waals surface area contributed by atoms with E-state index in [1.54, 1.807) is 0 Å². The first-order valence-corrected chi connectivity index (χ1v) is 11.0. The lowest BCUT2D eigenvalue weighted by Gasteiger charge is -2.32. The Bertz CT molecular complexity index is 997. The maximum absolute atomic E-state index is 6.54. The Morgan fingerprint density at radius 3 is 2.69 bits per heavy atom. The van der Waals surface area contributed by atoms with Crippen molar-refractivity contribution in [3.63, 3.8) is 0 Å². The van der Waals surface area contributed by atoms with E-state index in [0.29, 0.717) is 12.0 Å². The van der Waals surface area contributed by atoms with Gasteiger partial charge in [0.1, 0.15) is 11.9 Å². The molecule has 1 aliphatic heterocycles. The minimum atomic E-state index is 0.117. The van der Waals surface area contributed by atoms with Crippen molar-refractivity contribution in [2.45, 2.75) is 63.5 Å². The number of ether oxygens (including phenoxy) is 1. The van der Waals surface area contributed by atoms with Crippen LogP contribution in [0, 0.1) is 0 Å². The maximum atomic E-state index is 6.54. The molecule has 5 heteroatoms. The predicted octanol–water partition coefficient (Wildman–Crippen LogP) is 5.29. The lowest BCUT2D eigenvalue weighted by atomic mass is 9.79. The topological polar surface area (TPSA) is 42.7 Å². The summed E-state index contributed by atoms with van der Waals surface area (Å²) in [7, 11) is 2.17. The highest BCUT2D eigenvalue weighted by atomic mass is 16.5. The number of hydrogen-bond donors (Lipinski definition) is 0. The molecule has 3 aromatic rings. The fourth-order valence-corrected chi connectivity index (χ4v) is 5.20. The number of fused-ring (bicyclic) bond motifs is 2. The van der Waals surface area contributed by atoms with Crippen molar-refractivity contribution in [2.24, 2.45) is 0 Å². The molecule has 152 valence electrons. The average molecular weight is 391 g/mol. The molecule has 3 unspecified atom stereocenters. The van der Waals surface area contributed by atoms with E-state index in [4.69, 9.17) is 4.74 Å². The molecule has 1 saturated heterocycles. The van der Waals surface area contributed by atoms with Gasteiger partial charge in [-0.25, -0.2) is 0 Å². The third-order valence-electron chi connectivity index (χ3n) is 6.70. The summed E-state index contributed by atoms with van der Waals surface area (Å²) in [4.78, 5) is 2.37. The third kappa shape index (κ3) is 3.42. The second-order valence-corrected chi connectivity index (χ2v) is 8.59. The van der Waals surface area contributed by atoms with Gasteiger partial charge in [0.15, 0.2) is 11.5 Å². The Labute approximate surface area is 172 Å². The fourth-order valence-electron chi connectivity index (χ4n) is 5.20. The molecule has 0 spiro atoms. The predicted molar refractivity (Wildman–Crippen MR) is 114 cm³/mol. The first kappa shape index (κ1) is 18.6. The summed E-state index contributed by atoms with van der Waals surface area (Å²) >= 11 is 0. The summed E-state index contributed by atoms with van der Waals surface area (Å²) < 4.78 is 8.66. The Balaban J connectivity index is 1.44. The van der Waals surface area contributed by atoms with Crippen LogP contribution in [-0.2, 0) is 0 Å². The highest BCUT2D eigenvalue weighted by Crippen LogP contribution is 2.42. The van der Waals surface area contributed by atoms with E-state index >= 15 is 0 Å². The average Bonchev–Trinajstić information content (AvgIpc) is 3.35. The van der Waals surface area contributed by atoms with E-state index in [9.17, 15) is 0 Å². The summed E-state index contributed by atoms with van der Waals surface area (Å²) in [5.74, 6) is 2.59. The maximum Gasteiger partial charge on any atom is 0.161 e. The number of likely N-dealkylation sites (tertiary alicyclic amines) is 1. The summed E-state index contributed by atoms with van der Waals surface area (Å²) in [5, 5.41) is 8.88. The highest BCUT2D eigenvalue weighted by molar-refractivity contribution is 5.42. The van der Waals surface area contributed by atoms with Crippen molar-refractivity contribution >= 4 is 5.65 Å². The van der Waals surface area contributed by atoms with Crippen LogP contribution >= 0.6 is 0 Å². The molecule has 3 heterocycles. The van der Waals surface area contributed by atoms with Gasteiger partial charge in [-0.2, -0.15) is 0 Å². The van der Waals surface area contributed by atoms with E-state index in [2.05, 4.69) is 63.9 Å².